The Morgan fingerprint density at radius 3 is 2.74 bits per heavy atom. The zero-order chi connectivity index (χ0) is 24.6. The lowest BCUT2D eigenvalue weighted by atomic mass is 10.2. The van der Waals surface area contributed by atoms with E-state index in [4.69, 9.17) is 14.2 Å². The highest BCUT2D eigenvalue weighted by Gasteiger charge is 2.18. The third-order valence-electron chi connectivity index (χ3n) is 5.16. The zero-order valence-corrected chi connectivity index (χ0v) is 18.9. The lowest BCUT2D eigenvalue weighted by Gasteiger charge is -2.27. The quantitative estimate of drug-likeness (QED) is 0.278. The number of nitrogens with one attached hydrogen (secondary N) is 1. The van der Waals surface area contributed by atoms with Crippen molar-refractivity contribution in [3.8, 4) is 11.5 Å². The van der Waals surface area contributed by atoms with Gasteiger partial charge >= 0.3 is 0 Å². The van der Waals surface area contributed by atoms with Gasteiger partial charge in [0.25, 0.3) is 5.69 Å². The Labute approximate surface area is 200 Å². The molecule has 11 nitrogen and oxygen atoms in total. The molecule has 0 aliphatic carbocycles. The van der Waals surface area contributed by atoms with E-state index < -0.39 is 10.7 Å². The topological polar surface area (TPSA) is 124 Å². The maximum absolute atomic E-state index is 14.2. The Kier molecular flexibility index (Phi) is 7.63. The van der Waals surface area contributed by atoms with E-state index in [1.807, 2.05) is 0 Å². The van der Waals surface area contributed by atoms with Crippen molar-refractivity contribution < 1.29 is 23.5 Å². The summed E-state index contributed by atoms with van der Waals surface area (Å²) < 4.78 is 30.9. The largest absolute Gasteiger partial charge is 0.493 e. The number of hydrogen-bond acceptors (Lipinski definition) is 10. The van der Waals surface area contributed by atoms with Gasteiger partial charge in [-0.25, -0.2) is 14.8 Å². The monoisotopic (exact) mass is 482 g/mol. The van der Waals surface area contributed by atoms with Crippen molar-refractivity contribution in [3.63, 3.8) is 0 Å². The molecule has 2 heterocycles. The van der Waals surface area contributed by atoms with Crippen LogP contribution in [0, 0.1) is 15.9 Å². The number of benzene rings is 2. The second-order valence-corrected chi connectivity index (χ2v) is 7.43. The Morgan fingerprint density at radius 1 is 1.26 bits per heavy atom. The lowest BCUT2D eigenvalue weighted by molar-refractivity contribution is -0.384. The molecule has 2 aromatic carbocycles. The normalized spacial score (nSPS) is 13.6. The first-order chi connectivity index (χ1) is 17.0. The van der Waals surface area contributed by atoms with Gasteiger partial charge in [0.05, 0.1) is 37.7 Å². The van der Waals surface area contributed by atoms with Crippen LogP contribution in [0.5, 0.6) is 11.5 Å². The molecule has 0 unspecified atom stereocenters. The van der Waals surface area contributed by atoms with Gasteiger partial charge < -0.3 is 19.1 Å². The molecule has 0 radical (unpaired) electrons. The number of halogens is 1. The standard InChI is InChI=1S/C23H23FN6O5/c1-33-20-4-2-3-17(21(20)35-15-16-5-7-18(8-6-16)30(31)32)13-26-28-23-25-14-19(24)22(27-23)29-9-11-34-12-10-29/h2-8,13-14H,9-12,15H2,1H3,(H,25,27,28)/b26-13-. The summed E-state index contributed by atoms with van der Waals surface area (Å²) in [7, 11) is 1.52. The average Bonchev–Trinajstić information content (AvgIpc) is 2.89. The molecular formula is C23H23FN6O5. The van der Waals surface area contributed by atoms with Crippen LogP contribution >= 0.6 is 0 Å². The van der Waals surface area contributed by atoms with Gasteiger partial charge in [0.15, 0.2) is 23.1 Å². The van der Waals surface area contributed by atoms with Gasteiger partial charge in [0.1, 0.15) is 6.61 Å². The minimum atomic E-state index is -0.517. The van der Waals surface area contributed by atoms with Gasteiger partial charge in [0.2, 0.25) is 5.95 Å². The van der Waals surface area contributed by atoms with Crippen LogP contribution in [0.25, 0.3) is 0 Å². The first-order valence-corrected chi connectivity index (χ1v) is 10.7. The van der Waals surface area contributed by atoms with Crippen LogP contribution in [0.4, 0.5) is 21.8 Å². The number of para-hydroxylation sites is 1. The molecule has 1 fully saturated rings. The molecule has 0 saturated carbocycles. The first kappa shape index (κ1) is 23.8. The smallest absolute Gasteiger partial charge is 0.269 e. The summed E-state index contributed by atoms with van der Waals surface area (Å²) in [5, 5.41) is 15.0. The Morgan fingerprint density at radius 2 is 2.03 bits per heavy atom. The number of nitro groups is 1. The van der Waals surface area contributed by atoms with Crippen molar-refractivity contribution in [2.45, 2.75) is 6.61 Å². The number of ether oxygens (including phenoxy) is 3. The maximum Gasteiger partial charge on any atom is 0.269 e. The highest BCUT2D eigenvalue weighted by atomic mass is 19.1. The number of rotatable bonds is 9. The van der Waals surface area contributed by atoms with E-state index in [-0.39, 0.29) is 24.1 Å². The molecule has 3 aromatic rings. The third-order valence-corrected chi connectivity index (χ3v) is 5.16. The number of anilines is 2. The molecule has 12 heteroatoms. The van der Waals surface area contributed by atoms with Gasteiger partial charge in [-0.1, -0.05) is 6.07 Å². The van der Waals surface area contributed by atoms with E-state index in [9.17, 15) is 14.5 Å². The summed E-state index contributed by atoms with van der Waals surface area (Å²) in [6, 6.07) is 11.4. The van der Waals surface area contributed by atoms with Crippen molar-refractivity contribution in [2.24, 2.45) is 5.10 Å². The van der Waals surface area contributed by atoms with Crippen LogP contribution in [-0.2, 0) is 11.3 Å². The van der Waals surface area contributed by atoms with E-state index in [0.29, 0.717) is 43.4 Å². The number of hydrogen-bond donors (Lipinski definition) is 1. The fourth-order valence-corrected chi connectivity index (χ4v) is 3.39. The van der Waals surface area contributed by atoms with Crippen molar-refractivity contribution in [1.82, 2.24) is 9.97 Å². The molecule has 0 spiro atoms. The molecule has 0 atom stereocenters. The van der Waals surface area contributed by atoms with Crippen LogP contribution in [0.3, 0.4) is 0 Å². The Balaban J connectivity index is 1.47. The van der Waals surface area contributed by atoms with Crippen molar-refractivity contribution >= 4 is 23.7 Å². The second-order valence-electron chi connectivity index (χ2n) is 7.43. The van der Waals surface area contributed by atoms with Crippen LogP contribution in [0.15, 0.2) is 53.8 Å². The summed E-state index contributed by atoms with van der Waals surface area (Å²) in [6.07, 6.45) is 2.61. The molecule has 1 saturated heterocycles. The summed E-state index contributed by atoms with van der Waals surface area (Å²) in [5.74, 6) is 0.738. The number of morpholine rings is 1. The number of nitro benzene ring substituents is 1. The van der Waals surface area contributed by atoms with E-state index >= 15 is 0 Å². The number of nitrogens with zero attached hydrogens (tertiary/aromatic N) is 5. The maximum atomic E-state index is 14.2. The highest BCUT2D eigenvalue weighted by Crippen LogP contribution is 2.31. The van der Waals surface area contributed by atoms with Crippen molar-refractivity contribution in [3.05, 3.63) is 75.7 Å². The van der Waals surface area contributed by atoms with Gasteiger partial charge in [-0.05, 0) is 29.8 Å². The van der Waals surface area contributed by atoms with Crippen molar-refractivity contribution in [1.29, 1.82) is 0 Å². The van der Waals surface area contributed by atoms with Gasteiger partial charge in [-0.2, -0.15) is 10.1 Å². The fourth-order valence-electron chi connectivity index (χ4n) is 3.39. The van der Waals surface area contributed by atoms with E-state index in [2.05, 4.69) is 20.5 Å². The molecule has 0 amide bonds. The summed E-state index contributed by atoms with van der Waals surface area (Å²) in [5.41, 5.74) is 4.08. The van der Waals surface area contributed by atoms with Crippen LogP contribution < -0.4 is 19.8 Å². The van der Waals surface area contributed by atoms with Gasteiger partial charge in [-0.15, -0.1) is 0 Å². The fraction of sp³-hybridized carbons (Fsp3) is 0.261. The number of methoxy groups -OCH3 is 1. The van der Waals surface area contributed by atoms with Crippen molar-refractivity contribution in [2.75, 3.05) is 43.7 Å². The number of non-ortho nitro benzene ring substituents is 1. The lowest BCUT2D eigenvalue weighted by Crippen LogP contribution is -2.37. The third kappa shape index (κ3) is 5.98. The molecule has 1 aliphatic heterocycles. The van der Waals surface area contributed by atoms with Gasteiger partial charge in [-0.3, -0.25) is 10.1 Å². The highest BCUT2D eigenvalue weighted by molar-refractivity contribution is 5.85. The molecule has 4 rings (SSSR count). The molecule has 0 bridgehead atoms. The van der Waals surface area contributed by atoms with E-state index in [1.165, 1.54) is 25.5 Å². The van der Waals surface area contributed by atoms with E-state index in [1.54, 1.807) is 35.2 Å². The zero-order valence-electron chi connectivity index (χ0n) is 18.9. The molecular weight excluding hydrogens is 459 g/mol. The average molecular weight is 482 g/mol. The molecule has 1 aliphatic rings. The predicted molar refractivity (Wildman–Crippen MR) is 127 cm³/mol. The number of hydrazone groups is 1. The molecule has 182 valence electrons. The van der Waals surface area contributed by atoms with E-state index in [0.717, 1.165) is 11.8 Å². The van der Waals surface area contributed by atoms with Gasteiger partial charge in [0, 0.05) is 30.8 Å². The molecule has 1 aromatic heterocycles. The first-order valence-electron chi connectivity index (χ1n) is 10.7. The predicted octanol–water partition coefficient (Wildman–Crippen LogP) is 3.39. The summed E-state index contributed by atoms with van der Waals surface area (Å²) >= 11 is 0. The SMILES string of the molecule is COc1cccc(/C=N\Nc2ncc(F)c(N3CCOCC3)n2)c1OCc1ccc([N+](=O)[O-])cc1. The second kappa shape index (κ2) is 11.2. The van der Waals surface area contributed by atoms with Crippen LogP contribution in [-0.4, -0.2) is 54.5 Å². The Bertz CT molecular complexity index is 1200. The minimum absolute atomic E-state index is 0.00438. The van der Waals surface area contributed by atoms with Crippen LogP contribution in [0.2, 0.25) is 0 Å². The summed E-state index contributed by atoms with van der Waals surface area (Å²) in [6.45, 7) is 2.24. The molecule has 35 heavy (non-hydrogen) atoms. The van der Waals surface area contributed by atoms with Crippen LogP contribution in [0.1, 0.15) is 11.1 Å². The number of aromatic nitrogens is 2. The summed E-state index contributed by atoms with van der Waals surface area (Å²) in [4.78, 5) is 20.4. The molecule has 1 N–H and O–H groups in total. The Hall–Kier alpha value is -4.32. The minimum Gasteiger partial charge on any atom is -0.493 e.